The van der Waals surface area contributed by atoms with Gasteiger partial charge in [0, 0.05) is 28.1 Å². The minimum Gasteiger partial charge on any atom is -0.375 e. The van der Waals surface area contributed by atoms with E-state index in [9.17, 15) is 24.0 Å². The van der Waals surface area contributed by atoms with Crippen molar-refractivity contribution < 1.29 is 23.2 Å². The molecular weight excluding hydrogens is 542 g/mol. The highest BCUT2D eigenvalue weighted by Crippen LogP contribution is 2.33. The number of nitrogens with one attached hydrogen (secondary N) is 3. The summed E-state index contributed by atoms with van der Waals surface area (Å²) in [7, 11) is 0. The number of rotatable bonds is 8. The van der Waals surface area contributed by atoms with Gasteiger partial charge in [0.1, 0.15) is 24.0 Å². The number of benzene rings is 3. The van der Waals surface area contributed by atoms with Crippen LogP contribution in [0.15, 0.2) is 60.7 Å². The van der Waals surface area contributed by atoms with Gasteiger partial charge in [0.15, 0.2) is 5.82 Å². The molecule has 1 aliphatic rings. The molecule has 40 heavy (non-hydrogen) atoms. The summed E-state index contributed by atoms with van der Waals surface area (Å²) in [6, 6.07) is 15.9. The number of para-hydroxylation sites is 1. The van der Waals surface area contributed by atoms with Crippen LogP contribution in [0, 0.1) is 22.6 Å². The summed E-state index contributed by atoms with van der Waals surface area (Å²) in [6.45, 7) is -0.852. The van der Waals surface area contributed by atoms with Crippen LogP contribution in [0.4, 0.5) is 20.2 Å². The maximum Gasteiger partial charge on any atom is 0.267 e. The predicted molar refractivity (Wildman–Crippen MR) is 146 cm³/mol. The van der Waals surface area contributed by atoms with Crippen molar-refractivity contribution >= 4 is 46.4 Å². The molecule has 12 heteroatoms. The lowest BCUT2D eigenvalue weighted by Crippen LogP contribution is -2.45. The molecule has 0 saturated carbocycles. The molecule has 0 aromatic heterocycles. The third kappa shape index (κ3) is 5.77. The zero-order chi connectivity index (χ0) is 29.0. The number of primary amides is 1. The molecule has 0 unspecified atom stereocenters. The van der Waals surface area contributed by atoms with Crippen molar-refractivity contribution in [3.05, 3.63) is 82.6 Å². The van der Waals surface area contributed by atoms with Crippen molar-refractivity contribution in [1.82, 2.24) is 4.90 Å². The van der Waals surface area contributed by atoms with Crippen molar-refractivity contribution in [3.63, 3.8) is 0 Å². The van der Waals surface area contributed by atoms with E-state index in [-0.39, 0.29) is 41.0 Å². The van der Waals surface area contributed by atoms with Crippen LogP contribution in [0.1, 0.15) is 17.5 Å². The van der Waals surface area contributed by atoms with Crippen LogP contribution in [-0.2, 0) is 14.4 Å². The second kappa shape index (κ2) is 11.9. The summed E-state index contributed by atoms with van der Waals surface area (Å²) in [6.07, 6.45) is -1.79. The van der Waals surface area contributed by atoms with Gasteiger partial charge in [-0.3, -0.25) is 19.8 Å². The molecule has 3 aromatic carbocycles. The van der Waals surface area contributed by atoms with Gasteiger partial charge in [-0.05, 0) is 18.2 Å². The summed E-state index contributed by atoms with van der Waals surface area (Å²) in [5.41, 5.74) is 5.13. The lowest BCUT2D eigenvalue weighted by molar-refractivity contribution is -0.135. The zero-order valence-corrected chi connectivity index (χ0v) is 21.6. The molecule has 3 aromatic rings. The van der Waals surface area contributed by atoms with Crippen LogP contribution in [0.3, 0.4) is 0 Å². The average molecular weight is 565 g/mol. The first-order valence-electron chi connectivity index (χ1n) is 12.1. The van der Waals surface area contributed by atoms with Crippen LogP contribution in [0.2, 0.25) is 5.02 Å². The topological polar surface area (TPSA) is 152 Å². The Morgan fingerprint density at radius 3 is 2.50 bits per heavy atom. The maximum atomic E-state index is 15.3. The highest BCUT2D eigenvalue weighted by atomic mass is 35.5. The quantitative estimate of drug-likeness (QED) is 0.306. The number of carbonyl (C=O) groups is 3. The molecule has 1 saturated heterocycles. The van der Waals surface area contributed by atoms with Gasteiger partial charge in [-0.25, -0.2) is 8.78 Å². The van der Waals surface area contributed by atoms with Crippen LogP contribution in [-0.4, -0.2) is 53.6 Å². The number of nitrogens with two attached hydrogens (primary N) is 1. The summed E-state index contributed by atoms with van der Waals surface area (Å²) in [5, 5.41) is 22.8. The van der Waals surface area contributed by atoms with E-state index >= 15 is 4.39 Å². The van der Waals surface area contributed by atoms with Crippen molar-refractivity contribution in [2.45, 2.75) is 18.6 Å². The molecule has 5 N–H and O–H groups in total. The molecule has 0 bridgehead atoms. The molecule has 1 fully saturated rings. The van der Waals surface area contributed by atoms with Gasteiger partial charge in [-0.1, -0.05) is 54.1 Å². The number of anilines is 2. The Morgan fingerprint density at radius 2 is 1.80 bits per heavy atom. The summed E-state index contributed by atoms with van der Waals surface area (Å²) >= 11 is 6.20. The van der Waals surface area contributed by atoms with E-state index < -0.39 is 48.0 Å². The summed E-state index contributed by atoms with van der Waals surface area (Å²) in [5.74, 6) is -3.24. The average Bonchev–Trinajstić information content (AvgIpc) is 3.34. The standard InChI is InChI=1S/C28H23ClF2N6O3/c29-20-9-2-1-6-17(20)18-7-4-10-21(24(18)31)36-28(40)22-11-16(30)14-37(22)23(38)13-35-26-15(12-32)5-3-8-19(26)25(33)27(34)39/h1-10,16,22,33,35H,11,13-14H2,(H2,34,39)(H,36,40)/t16-,22+/m1/s1. The summed E-state index contributed by atoms with van der Waals surface area (Å²) < 4.78 is 29.8. The molecule has 0 radical (unpaired) electrons. The number of likely N-dealkylation sites (tertiary alicyclic amines) is 1. The van der Waals surface area contributed by atoms with Crippen molar-refractivity contribution in [2.75, 3.05) is 23.7 Å². The van der Waals surface area contributed by atoms with E-state index in [2.05, 4.69) is 10.6 Å². The van der Waals surface area contributed by atoms with Crippen LogP contribution in [0.5, 0.6) is 0 Å². The molecule has 1 heterocycles. The van der Waals surface area contributed by atoms with E-state index in [1.165, 1.54) is 36.4 Å². The fraction of sp³-hybridized carbons (Fsp3) is 0.179. The molecule has 0 aliphatic carbocycles. The van der Waals surface area contributed by atoms with Gasteiger partial charge in [0.2, 0.25) is 11.8 Å². The Kier molecular flexibility index (Phi) is 8.40. The van der Waals surface area contributed by atoms with Gasteiger partial charge in [0.25, 0.3) is 5.91 Å². The Bertz CT molecular complexity index is 1560. The van der Waals surface area contributed by atoms with E-state index in [1.807, 2.05) is 6.07 Å². The number of alkyl halides is 1. The Hall–Kier alpha value is -4.82. The van der Waals surface area contributed by atoms with Crippen molar-refractivity contribution in [2.24, 2.45) is 5.73 Å². The first-order chi connectivity index (χ1) is 19.1. The number of hydrogen-bond acceptors (Lipinski definition) is 6. The number of carbonyl (C=O) groups excluding carboxylic acids is 3. The lowest BCUT2D eigenvalue weighted by Gasteiger charge is -2.24. The van der Waals surface area contributed by atoms with E-state index in [0.717, 1.165) is 4.90 Å². The van der Waals surface area contributed by atoms with E-state index in [0.29, 0.717) is 10.6 Å². The Morgan fingerprint density at radius 1 is 1.10 bits per heavy atom. The molecule has 4 rings (SSSR count). The Balaban J connectivity index is 1.52. The molecule has 0 spiro atoms. The fourth-order valence-electron chi connectivity index (χ4n) is 4.48. The largest absolute Gasteiger partial charge is 0.375 e. The van der Waals surface area contributed by atoms with Crippen LogP contribution in [0.25, 0.3) is 11.1 Å². The van der Waals surface area contributed by atoms with Crippen LogP contribution < -0.4 is 16.4 Å². The minimum absolute atomic E-state index is 0.00677. The molecule has 1 aliphatic heterocycles. The Labute approximate surface area is 233 Å². The van der Waals surface area contributed by atoms with Gasteiger partial charge in [-0.2, -0.15) is 5.26 Å². The monoisotopic (exact) mass is 564 g/mol. The lowest BCUT2D eigenvalue weighted by atomic mass is 10.0. The molecule has 9 nitrogen and oxygen atoms in total. The minimum atomic E-state index is -1.50. The first-order valence-corrected chi connectivity index (χ1v) is 12.4. The SMILES string of the molecule is N#Cc1cccc(C(=N)C(N)=O)c1NCC(=O)N1C[C@H](F)C[C@H]1C(=O)Nc1cccc(-c2ccccc2Cl)c1F. The van der Waals surface area contributed by atoms with Crippen LogP contribution >= 0.6 is 11.6 Å². The molecule has 3 amide bonds. The third-order valence-corrected chi connectivity index (χ3v) is 6.74. The van der Waals surface area contributed by atoms with E-state index in [4.69, 9.17) is 22.7 Å². The van der Waals surface area contributed by atoms with Gasteiger partial charge >= 0.3 is 0 Å². The number of halogens is 3. The van der Waals surface area contributed by atoms with Gasteiger partial charge < -0.3 is 21.3 Å². The number of nitrogens with zero attached hydrogens (tertiary/aromatic N) is 2. The van der Waals surface area contributed by atoms with Gasteiger partial charge in [0.05, 0.1) is 30.0 Å². The van der Waals surface area contributed by atoms with Crippen molar-refractivity contribution in [3.8, 4) is 17.2 Å². The molecule has 204 valence electrons. The maximum absolute atomic E-state index is 15.3. The fourth-order valence-corrected chi connectivity index (χ4v) is 4.72. The zero-order valence-electron chi connectivity index (χ0n) is 20.9. The number of hydrogen-bond donors (Lipinski definition) is 4. The predicted octanol–water partition coefficient (Wildman–Crippen LogP) is 3.86. The summed E-state index contributed by atoms with van der Waals surface area (Å²) in [4.78, 5) is 38.8. The normalized spacial score (nSPS) is 16.2. The highest BCUT2D eigenvalue weighted by molar-refractivity contribution is 6.44. The van der Waals surface area contributed by atoms with Gasteiger partial charge in [-0.15, -0.1) is 0 Å². The van der Waals surface area contributed by atoms with Crippen molar-refractivity contribution in [1.29, 1.82) is 10.7 Å². The highest BCUT2D eigenvalue weighted by Gasteiger charge is 2.40. The van der Waals surface area contributed by atoms with E-state index in [1.54, 1.807) is 24.3 Å². The second-order valence-electron chi connectivity index (χ2n) is 8.96. The molecular formula is C28H23ClF2N6O3. The number of nitriles is 1. The smallest absolute Gasteiger partial charge is 0.267 e. The second-order valence-corrected chi connectivity index (χ2v) is 9.37. The molecule has 2 atom stereocenters. The first kappa shape index (κ1) is 28.2. The third-order valence-electron chi connectivity index (χ3n) is 6.41. The number of amides is 3.